The Morgan fingerprint density at radius 1 is 1.20 bits per heavy atom. The van der Waals surface area contributed by atoms with Crippen LogP contribution in [0.3, 0.4) is 0 Å². The summed E-state index contributed by atoms with van der Waals surface area (Å²) in [4.78, 5) is 12.4. The molecule has 0 aliphatic carbocycles. The van der Waals surface area contributed by atoms with E-state index < -0.39 is 10.0 Å². The van der Waals surface area contributed by atoms with Gasteiger partial charge >= 0.3 is 0 Å². The molecule has 1 amide bonds. The minimum atomic E-state index is -3.57. The third-order valence-electron chi connectivity index (χ3n) is 4.41. The number of carbonyl (C=O) groups is 1. The van der Waals surface area contributed by atoms with Crippen molar-refractivity contribution in [2.75, 3.05) is 32.7 Å². The average molecular weight is 368 g/mol. The topological polar surface area (TPSA) is 78.5 Å². The third-order valence-corrected chi connectivity index (χ3v) is 6.23. The van der Waals surface area contributed by atoms with Gasteiger partial charge in [0.15, 0.2) is 0 Å². The number of hydrogen-bond donors (Lipinski definition) is 2. The van der Waals surface area contributed by atoms with Crippen LogP contribution in [-0.2, 0) is 10.0 Å². The molecule has 0 radical (unpaired) electrons. The molecule has 0 saturated carbocycles. The molecule has 1 aliphatic rings. The second-order valence-electron chi connectivity index (χ2n) is 6.91. The summed E-state index contributed by atoms with van der Waals surface area (Å²) in [6, 6.07) is 6.31. The molecule has 6 nitrogen and oxygen atoms in total. The van der Waals surface area contributed by atoms with Gasteiger partial charge in [0.2, 0.25) is 10.0 Å². The lowest BCUT2D eigenvalue weighted by Crippen LogP contribution is -2.42. The zero-order valence-electron chi connectivity index (χ0n) is 15.3. The monoisotopic (exact) mass is 367 g/mol. The second-order valence-corrected chi connectivity index (χ2v) is 8.84. The van der Waals surface area contributed by atoms with Crippen LogP contribution in [0, 0.1) is 11.8 Å². The molecule has 1 saturated heterocycles. The second kappa shape index (κ2) is 8.78. The highest BCUT2D eigenvalue weighted by Gasteiger charge is 2.31. The highest BCUT2D eigenvalue weighted by Crippen LogP contribution is 2.26. The van der Waals surface area contributed by atoms with Gasteiger partial charge in [0.05, 0.1) is 4.90 Å². The van der Waals surface area contributed by atoms with Gasteiger partial charge in [-0.15, -0.1) is 0 Å². The molecule has 1 aromatic rings. The predicted molar refractivity (Wildman–Crippen MR) is 99.0 cm³/mol. The molecule has 0 bridgehead atoms. The molecule has 1 heterocycles. The van der Waals surface area contributed by atoms with E-state index in [9.17, 15) is 13.2 Å². The summed E-state index contributed by atoms with van der Waals surface area (Å²) in [5, 5.41) is 5.92. The predicted octanol–water partition coefficient (Wildman–Crippen LogP) is 1.69. The summed E-state index contributed by atoms with van der Waals surface area (Å²) in [6.45, 7) is 9.25. The molecule has 1 aromatic carbocycles. The van der Waals surface area contributed by atoms with Gasteiger partial charge in [0.25, 0.3) is 5.91 Å². The lowest BCUT2D eigenvalue weighted by atomic mass is 9.94. The molecule has 2 N–H and O–H groups in total. The maximum absolute atomic E-state index is 12.9. The van der Waals surface area contributed by atoms with Crippen LogP contribution < -0.4 is 10.6 Å². The number of nitrogens with one attached hydrogen (secondary N) is 2. The molecular formula is C18H29N3O3S. The molecule has 0 aromatic heterocycles. The van der Waals surface area contributed by atoms with Crippen LogP contribution in [-0.4, -0.2) is 51.4 Å². The molecule has 2 atom stereocenters. The SMILES string of the molecule is CCNCCNC(=O)c1cccc(S(=O)(=O)N2CC(C)CC(C)C2)c1. The van der Waals surface area contributed by atoms with Gasteiger partial charge in [0, 0.05) is 31.7 Å². The van der Waals surface area contributed by atoms with Crippen molar-refractivity contribution in [3.8, 4) is 0 Å². The number of piperidine rings is 1. The Morgan fingerprint density at radius 3 is 2.52 bits per heavy atom. The summed E-state index contributed by atoms with van der Waals surface area (Å²) in [5.74, 6) is 0.433. The molecule has 25 heavy (non-hydrogen) atoms. The minimum absolute atomic E-state index is 0.188. The quantitative estimate of drug-likeness (QED) is 0.719. The Labute approximate surface area is 151 Å². The van der Waals surface area contributed by atoms with Crippen molar-refractivity contribution in [3.63, 3.8) is 0 Å². The Morgan fingerprint density at radius 2 is 1.88 bits per heavy atom. The highest BCUT2D eigenvalue weighted by atomic mass is 32.2. The standard InChI is InChI=1S/C18H29N3O3S/c1-4-19-8-9-20-18(22)16-6-5-7-17(11-16)25(23,24)21-12-14(2)10-15(3)13-21/h5-7,11,14-15,19H,4,8-10,12-13H2,1-3H3,(H,20,22). The number of benzene rings is 1. The van der Waals surface area contributed by atoms with Crippen LogP contribution in [0.5, 0.6) is 0 Å². The van der Waals surface area contributed by atoms with E-state index in [4.69, 9.17) is 0 Å². The summed E-state index contributed by atoms with van der Waals surface area (Å²) < 4.78 is 27.4. The number of likely N-dealkylation sites (N-methyl/N-ethyl adjacent to an activating group) is 1. The van der Waals surface area contributed by atoms with Gasteiger partial charge in [-0.05, 0) is 43.0 Å². The van der Waals surface area contributed by atoms with Crippen molar-refractivity contribution in [1.82, 2.24) is 14.9 Å². The lowest BCUT2D eigenvalue weighted by Gasteiger charge is -2.34. The van der Waals surface area contributed by atoms with Gasteiger partial charge in [-0.25, -0.2) is 8.42 Å². The van der Waals surface area contributed by atoms with Gasteiger partial charge in [-0.1, -0.05) is 26.8 Å². The fourth-order valence-electron chi connectivity index (χ4n) is 3.29. The van der Waals surface area contributed by atoms with Crippen molar-refractivity contribution < 1.29 is 13.2 Å². The Kier molecular flexibility index (Phi) is 6.98. The number of sulfonamides is 1. The number of rotatable bonds is 7. The third kappa shape index (κ3) is 5.26. The van der Waals surface area contributed by atoms with Crippen molar-refractivity contribution in [2.45, 2.75) is 32.1 Å². The van der Waals surface area contributed by atoms with Gasteiger partial charge in [-0.2, -0.15) is 4.31 Å². The summed E-state index contributed by atoms with van der Waals surface area (Å²) in [7, 11) is -3.57. The van der Waals surface area contributed by atoms with Crippen molar-refractivity contribution >= 4 is 15.9 Å². The van der Waals surface area contributed by atoms with Crippen molar-refractivity contribution in [3.05, 3.63) is 29.8 Å². The first-order chi connectivity index (χ1) is 11.8. The van der Waals surface area contributed by atoms with Crippen LogP contribution in [0.4, 0.5) is 0 Å². The average Bonchev–Trinajstić information content (AvgIpc) is 2.58. The summed E-state index contributed by atoms with van der Waals surface area (Å²) in [5.41, 5.74) is 0.371. The van der Waals surface area contributed by atoms with E-state index in [1.54, 1.807) is 22.5 Å². The Hall–Kier alpha value is -1.44. The minimum Gasteiger partial charge on any atom is -0.351 e. The Balaban J connectivity index is 2.12. The maximum Gasteiger partial charge on any atom is 0.251 e. The molecular weight excluding hydrogens is 338 g/mol. The van der Waals surface area contributed by atoms with E-state index in [0.717, 1.165) is 13.0 Å². The Bertz CT molecular complexity index is 681. The first kappa shape index (κ1) is 19.9. The van der Waals surface area contributed by atoms with Crippen LogP contribution in [0.25, 0.3) is 0 Å². The van der Waals surface area contributed by atoms with Crippen molar-refractivity contribution in [1.29, 1.82) is 0 Å². The van der Waals surface area contributed by atoms with Crippen LogP contribution in [0.1, 0.15) is 37.6 Å². The fourth-order valence-corrected chi connectivity index (χ4v) is 5.02. The van der Waals surface area contributed by atoms with E-state index in [-0.39, 0.29) is 10.8 Å². The highest BCUT2D eigenvalue weighted by molar-refractivity contribution is 7.89. The van der Waals surface area contributed by atoms with E-state index in [2.05, 4.69) is 24.5 Å². The van der Waals surface area contributed by atoms with Crippen molar-refractivity contribution in [2.24, 2.45) is 11.8 Å². The smallest absolute Gasteiger partial charge is 0.251 e. The molecule has 2 rings (SSSR count). The molecule has 7 heteroatoms. The first-order valence-corrected chi connectivity index (χ1v) is 10.4. The maximum atomic E-state index is 12.9. The van der Waals surface area contributed by atoms with Gasteiger partial charge in [-0.3, -0.25) is 4.79 Å². The summed E-state index contributed by atoms with van der Waals surface area (Å²) in [6.07, 6.45) is 1.04. The molecule has 1 aliphatic heterocycles. The van der Waals surface area contributed by atoms with Crippen LogP contribution >= 0.6 is 0 Å². The number of nitrogens with zero attached hydrogens (tertiary/aromatic N) is 1. The van der Waals surface area contributed by atoms with Crippen LogP contribution in [0.15, 0.2) is 29.2 Å². The van der Waals surface area contributed by atoms with E-state index in [1.807, 2.05) is 6.92 Å². The molecule has 2 unspecified atom stereocenters. The van der Waals surface area contributed by atoms with E-state index >= 15 is 0 Å². The number of amides is 1. The fraction of sp³-hybridized carbons (Fsp3) is 0.611. The number of carbonyl (C=O) groups excluding carboxylic acids is 1. The number of hydrogen-bond acceptors (Lipinski definition) is 4. The zero-order valence-corrected chi connectivity index (χ0v) is 16.1. The van der Waals surface area contributed by atoms with E-state index in [1.165, 1.54) is 6.07 Å². The molecule has 1 fully saturated rings. The lowest BCUT2D eigenvalue weighted by molar-refractivity contribution is 0.0953. The molecule has 0 spiro atoms. The normalized spacial score (nSPS) is 21.9. The van der Waals surface area contributed by atoms with Gasteiger partial charge < -0.3 is 10.6 Å². The van der Waals surface area contributed by atoms with Crippen LogP contribution in [0.2, 0.25) is 0 Å². The zero-order chi connectivity index (χ0) is 18.4. The summed E-state index contributed by atoms with van der Waals surface area (Å²) >= 11 is 0. The van der Waals surface area contributed by atoms with Gasteiger partial charge in [0.1, 0.15) is 0 Å². The first-order valence-electron chi connectivity index (χ1n) is 8.93. The van der Waals surface area contributed by atoms with E-state index in [0.29, 0.717) is 43.6 Å². The largest absolute Gasteiger partial charge is 0.351 e. The molecule has 140 valence electrons.